The maximum Gasteiger partial charge on any atom is 0.108 e. The smallest absolute Gasteiger partial charge is 0.108 e. The predicted octanol–water partition coefficient (Wildman–Crippen LogP) is 0.328. The van der Waals surface area contributed by atoms with E-state index in [1.165, 1.54) is 0 Å². The van der Waals surface area contributed by atoms with Crippen LogP contribution in [0.25, 0.3) is 0 Å². The fourth-order valence-corrected chi connectivity index (χ4v) is 2.03. The van der Waals surface area contributed by atoms with Crippen LogP contribution in [0.2, 0.25) is 0 Å². The third kappa shape index (κ3) is 1.65. The average Bonchev–Trinajstić information content (AvgIpc) is 1.77. The highest BCUT2D eigenvalue weighted by Crippen LogP contribution is 2.11. The number of rotatable bonds is 0. The molecule has 8 heavy (non-hydrogen) atoms. The predicted molar refractivity (Wildman–Crippen MR) is 31.6 cm³/mol. The van der Waals surface area contributed by atoms with Gasteiger partial charge in [-0.3, -0.25) is 0 Å². The van der Waals surface area contributed by atoms with Crippen LogP contribution in [-0.4, -0.2) is 22.2 Å². The molecule has 0 unspecified atom stereocenters. The molecule has 0 bridgehead atoms. The molecular weight excluding hydrogens is 124 g/mol. The van der Waals surface area contributed by atoms with Crippen LogP contribution in [-0.2, 0) is 16.3 Å². The van der Waals surface area contributed by atoms with Crippen LogP contribution in [0.4, 0.5) is 0 Å². The van der Waals surface area contributed by atoms with E-state index in [-0.39, 0.29) is 0 Å². The van der Waals surface area contributed by atoms with E-state index in [9.17, 15) is 9.66 Å². The van der Waals surface area contributed by atoms with Crippen molar-refractivity contribution < 1.29 is 9.66 Å². The Morgan fingerprint density at radius 1 is 1.38 bits per heavy atom. The van der Waals surface area contributed by atoms with E-state index < -0.39 is 17.3 Å². The Morgan fingerprint density at radius 2 is 1.88 bits per heavy atom. The quantitative estimate of drug-likeness (QED) is 0.439. The highest BCUT2D eigenvalue weighted by molar-refractivity contribution is 7.91. The molecule has 1 radical (unpaired) electrons. The van der Waals surface area contributed by atoms with Crippen LogP contribution in [0.15, 0.2) is 0 Å². The second-order valence-corrected chi connectivity index (χ2v) is 3.74. The minimum atomic E-state index is -0.661. The largest absolute Gasteiger partial charge is 0.616 e. The molecule has 1 saturated heterocycles. The fourth-order valence-electron chi connectivity index (χ4n) is 0.772. The SMILES string of the molecule is [O]C1CC[S+]([O-])CC1. The maximum absolute atomic E-state index is 10.6. The van der Waals surface area contributed by atoms with Crippen LogP contribution >= 0.6 is 0 Å². The van der Waals surface area contributed by atoms with Gasteiger partial charge in [-0.15, -0.1) is 0 Å². The summed E-state index contributed by atoms with van der Waals surface area (Å²) in [6.07, 6.45) is 0.812. The van der Waals surface area contributed by atoms with Gasteiger partial charge in [0.2, 0.25) is 0 Å². The lowest BCUT2D eigenvalue weighted by atomic mass is 10.2. The minimum absolute atomic E-state index is 0.423. The van der Waals surface area contributed by atoms with E-state index in [1.54, 1.807) is 0 Å². The van der Waals surface area contributed by atoms with Gasteiger partial charge in [0.1, 0.15) is 17.6 Å². The first-order valence-electron chi connectivity index (χ1n) is 2.80. The van der Waals surface area contributed by atoms with Crippen molar-refractivity contribution in [3.63, 3.8) is 0 Å². The van der Waals surface area contributed by atoms with Gasteiger partial charge in [-0.2, -0.15) is 0 Å². The summed E-state index contributed by atoms with van der Waals surface area (Å²) in [6.45, 7) is 0. The highest BCUT2D eigenvalue weighted by Gasteiger charge is 2.20. The van der Waals surface area contributed by atoms with Crippen LogP contribution in [0.5, 0.6) is 0 Å². The zero-order valence-electron chi connectivity index (χ0n) is 4.63. The summed E-state index contributed by atoms with van der Waals surface area (Å²) in [4.78, 5) is 0. The zero-order valence-corrected chi connectivity index (χ0v) is 5.45. The summed E-state index contributed by atoms with van der Waals surface area (Å²) in [6, 6.07) is 0. The molecule has 47 valence electrons. The van der Waals surface area contributed by atoms with Crippen molar-refractivity contribution in [2.75, 3.05) is 11.5 Å². The Hall–Kier alpha value is 0.270. The molecule has 1 rings (SSSR count). The highest BCUT2D eigenvalue weighted by atomic mass is 32.2. The molecule has 0 N–H and O–H groups in total. The maximum atomic E-state index is 10.6. The van der Waals surface area contributed by atoms with Gasteiger partial charge in [0.05, 0.1) is 0 Å². The molecule has 1 fully saturated rings. The van der Waals surface area contributed by atoms with Crippen molar-refractivity contribution >= 4 is 11.2 Å². The Kier molecular flexibility index (Phi) is 2.16. The molecule has 1 heterocycles. The summed E-state index contributed by atoms with van der Waals surface area (Å²) in [7, 11) is 0. The lowest BCUT2D eigenvalue weighted by Crippen LogP contribution is -2.25. The standard InChI is InChI=1S/C5H9O2S/c6-5-1-3-8(7)4-2-5/h5H,1-4H2. The molecular formula is C5H9O2S. The number of hydrogen-bond donors (Lipinski definition) is 0. The molecule has 0 spiro atoms. The Bertz CT molecular complexity index is 58.8. The van der Waals surface area contributed by atoms with Crippen molar-refractivity contribution in [2.24, 2.45) is 0 Å². The summed E-state index contributed by atoms with van der Waals surface area (Å²) < 4.78 is 10.6. The van der Waals surface area contributed by atoms with Gasteiger partial charge in [-0.25, -0.2) is 5.11 Å². The van der Waals surface area contributed by atoms with Gasteiger partial charge in [0.15, 0.2) is 0 Å². The van der Waals surface area contributed by atoms with Gasteiger partial charge in [0, 0.05) is 12.8 Å². The average molecular weight is 133 g/mol. The summed E-state index contributed by atoms with van der Waals surface area (Å²) in [5.74, 6) is 1.27. The van der Waals surface area contributed by atoms with E-state index in [0.717, 1.165) is 0 Å². The normalized spacial score (nSPS) is 39.8. The first kappa shape index (κ1) is 6.39. The van der Waals surface area contributed by atoms with Gasteiger partial charge in [-0.1, -0.05) is 11.2 Å². The molecule has 0 aromatic heterocycles. The van der Waals surface area contributed by atoms with Crippen LogP contribution in [0.3, 0.4) is 0 Å². The molecule has 0 atom stereocenters. The van der Waals surface area contributed by atoms with E-state index in [0.29, 0.717) is 24.3 Å². The molecule has 2 nitrogen and oxygen atoms in total. The van der Waals surface area contributed by atoms with Crippen LogP contribution in [0, 0.1) is 0 Å². The lowest BCUT2D eigenvalue weighted by molar-refractivity contribution is 0.0805. The molecule has 0 saturated carbocycles. The van der Waals surface area contributed by atoms with Gasteiger partial charge in [-0.05, 0) is 0 Å². The summed E-state index contributed by atoms with van der Waals surface area (Å²) in [5.41, 5.74) is 0. The van der Waals surface area contributed by atoms with E-state index >= 15 is 0 Å². The zero-order chi connectivity index (χ0) is 5.98. The second-order valence-electron chi connectivity index (χ2n) is 2.05. The molecule has 1 aliphatic rings. The van der Waals surface area contributed by atoms with Crippen molar-refractivity contribution in [2.45, 2.75) is 18.9 Å². The molecule has 1 aliphatic heterocycles. The minimum Gasteiger partial charge on any atom is -0.616 e. The molecule has 3 heteroatoms. The Balaban J connectivity index is 2.19. The summed E-state index contributed by atoms with van der Waals surface area (Å²) >= 11 is -0.661. The van der Waals surface area contributed by atoms with E-state index in [2.05, 4.69) is 0 Å². The molecule has 0 aliphatic carbocycles. The Morgan fingerprint density at radius 3 is 2.25 bits per heavy atom. The topological polar surface area (TPSA) is 43.0 Å². The Labute approximate surface area is 52.1 Å². The molecule has 0 amide bonds. The van der Waals surface area contributed by atoms with Crippen molar-refractivity contribution in [3.8, 4) is 0 Å². The lowest BCUT2D eigenvalue weighted by Gasteiger charge is -2.18. The second kappa shape index (κ2) is 2.71. The van der Waals surface area contributed by atoms with Crippen LogP contribution in [0.1, 0.15) is 12.8 Å². The van der Waals surface area contributed by atoms with Gasteiger partial charge in [0.25, 0.3) is 0 Å². The van der Waals surface area contributed by atoms with Crippen molar-refractivity contribution in [1.82, 2.24) is 0 Å². The third-order valence-corrected chi connectivity index (χ3v) is 2.72. The van der Waals surface area contributed by atoms with Crippen LogP contribution < -0.4 is 0 Å². The third-order valence-electron chi connectivity index (χ3n) is 1.33. The van der Waals surface area contributed by atoms with E-state index in [1.807, 2.05) is 0 Å². The first-order chi connectivity index (χ1) is 3.79. The van der Waals surface area contributed by atoms with Crippen molar-refractivity contribution in [1.29, 1.82) is 0 Å². The monoisotopic (exact) mass is 133 g/mol. The molecule has 0 aromatic rings. The first-order valence-corrected chi connectivity index (χ1v) is 4.28. The fraction of sp³-hybridized carbons (Fsp3) is 1.00. The summed E-state index contributed by atoms with van der Waals surface area (Å²) in [5, 5.41) is 10.6. The van der Waals surface area contributed by atoms with Crippen molar-refractivity contribution in [3.05, 3.63) is 0 Å². The van der Waals surface area contributed by atoms with E-state index in [4.69, 9.17) is 0 Å². The van der Waals surface area contributed by atoms with Gasteiger partial charge >= 0.3 is 0 Å². The molecule has 0 aromatic carbocycles. The van der Waals surface area contributed by atoms with Gasteiger partial charge < -0.3 is 4.55 Å². The number of hydrogen-bond acceptors (Lipinski definition) is 1.